The van der Waals surface area contributed by atoms with Crippen molar-refractivity contribution in [2.75, 3.05) is 0 Å². The van der Waals surface area contributed by atoms with E-state index in [1.54, 1.807) is 6.20 Å². The summed E-state index contributed by atoms with van der Waals surface area (Å²) in [5, 5.41) is 0. The molecule has 1 atom stereocenters. The van der Waals surface area contributed by atoms with Gasteiger partial charge in [0.05, 0.1) is 0 Å². The molecule has 18 heavy (non-hydrogen) atoms. The molecule has 0 radical (unpaired) electrons. The van der Waals surface area contributed by atoms with Crippen LogP contribution in [0.3, 0.4) is 0 Å². The first-order valence-electron chi connectivity index (χ1n) is 6.07. The summed E-state index contributed by atoms with van der Waals surface area (Å²) in [5.41, 5.74) is 6.20. The molecule has 0 aliphatic rings. The average Bonchev–Trinajstić information content (AvgIpc) is 2.42. The third kappa shape index (κ3) is 3.35. The molecule has 0 saturated carbocycles. The normalized spacial score (nSPS) is 12.3. The lowest BCUT2D eigenvalue weighted by Gasteiger charge is -2.15. The van der Waals surface area contributed by atoms with Crippen molar-refractivity contribution in [1.82, 2.24) is 15.4 Å². The van der Waals surface area contributed by atoms with Gasteiger partial charge in [-0.3, -0.25) is 21.2 Å². The van der Waals surface area contributed by atoms with E-state index in [0.717, 1.165) is 24.1 Å². The summed E-state index contributed by atoms with van der Waals surface area (Å²) >= 11 is 0. The Morgan fingerprint density at radius 3 is 2.78 bits per heavy atom. The van der Waals surface area contributed by atoms with Gasteiger partial charge < -0.3 is 0 Å². The van der Waals surface area contributed by atoms with Crippen LogP contribution in [-0.4, -0.2) is 9.97 Å². The number of nitrogens with two attached hydrogens (primary N) is 1. The molecule has 2 aromatic heterocycles. The zero-order valence-corrected chi connectivity index (χ0v) is 10.5. The molecule has 94 valence electrons. The number of aryl methyl sites for hydroxylation is 2. The van der Waals surface area contributed by atoms with Gasteiger partial charge in [0.25, 0.3) is 0 Å². The van der Waals surface area contributed by atoms with E-state index < -0.39 is 0 Å². The minimum absolute atomic E-state index is 0.123. The predicted octanol–water partition coefficient (Wildman–Crippen LogP) is 1.92. The summed E-state index contributed by atoms with van der Waals surface area (Å²) in [4.78, 5) is 8.40. The summed E-state index contributed by atoms with van der Waals surface area (Å²) in [6.45, 7) is 1.98. The molecule has 3 N–H and O–H groups in total. The van der Waals surface area contributed by atoms with E-state index in [-0.39, 0.29) is 6.04 Å². The van der Waals surface area contributed by atoms with Crippen molar-refractivity contribution < 1.29 is 0 Å². The smallest absolute Gasteiger partial charge is 0.0478 e. The van der Waals surface area contributed by atoms with Gasteiger partial charge in [0, 0.05) is 30.3 Å². The van der Waals surface area contributed by atoms with E-state index in [4.69, 9.17) is 5.84 Å². The number of nitrogens with one attached hydrogen (secondary N) is 1. The summed E-state index contributed by atoms with van der Waals surface area (Å²) in [7, 11) is 0. The fourth-order valence-electron chi connectivity index (χ4n) is 1.89. The molecule has 0 bridgehead atoms. The summed E-state index contributed by atoms with van der Waals surface area (Å²) < 4.78 is 0. The van der Waals surface area contributed by atoms with Crippen LogP contribution in [0.2, 0.25) is 0 Å². The molecule has 0 saturated heterocycles. The Kier molecular flexibility index (Phi) is 4.39. The number of hydrogen-bond donors (Lipinski definition) is 2. The number of nitrogens with zero attached hydrogens (tertiary/aromatic N) is 2. The van der Waals surface area contributed by atoms with E-state index in [2.05, 4.69) is 27.5 Å². The number of hydrazine groups is 1. The molecule has 2 aromatic rings. The molecule has 4 nitrogen and oxygen atoms in total. The van der Waals surface area contributed by atoms with E-state index in [1.165, 1.54) is 5.56 Å². The second-order valence-electron chi connectivity index (χ2n) is 4.35. The second-order valence-corrected chi connectivity index (χ2v) is 4.35. The van der Waals surface area contributed by atoms with Gasteiger partial charge in [-0.05, 0) is 43.0 Å². The molecule has 1 unspecified atom stereocenters. The minimum atomic E-state index is 0.123. The van der Waals surface area contributed by atoms with Crippen LogP contribution in [0.1, 0.15) is 29.3 Å². The van der Waals surface area contributed by atoms with Crippen LogP contribution in [0.4, 0.5) is 0 Å². The van der Waals surface area contributed by atoms with E-state index in [0.29, 0.717) is 0 Å². The molecule has 4 heteroatoms. The van der Waals surface area contributed by atoms with Gasteiger partial charge in [0.1, 0.15) is 0 Å². The maximum Gasteiger partial charge on any atom is 0.0478 e. The summed E-state index contributed by atoms with van der Waals surface area (Å²) in [6, 6.07) is 8.22. The zero-order valence-electron chi connectivity index (χ0n) is 10.5. The molecule has 2 rings (SSSR count). The number of hydrogen-bond acceptors (Lipinski definition) is 4. The predicted molar refractivity (Wildman–Crippen MR) is 71.6 cm³/mol. The van der Waals surface area contributed by atoms with Gasteiger partial charge in [0.2, 0.25) is 0 Å². The van der Waals surface area contributed by atoms with Crippen LogP contribution < -0.4 is 11.3 Å². The Balaban J connectivity index is 1.99. The molecular weight excluding hydrogens is 224 g/mol. The number of pyridine rings is 2. The topological polar surface area (TPSA) is 63.8 Å². The van der Waals surface area contributed by atoms with Gasteiger partial charge in [0.15, 0.2) is 0 Å². The molecule has 0 amide bonds. The highest BCUT2D eigenvalue weighted by Crippen LogP contribution is 2.17. The van der Waals surface area contributed by atoms with Crippen LogP contribution in [0.15, 0.2) is 42.9 Å². The van der Waals surface area contributed by atoms with Crippen LogP contribution >= 0.6 is 0 Å². The summed E-state index contributed by atoms with van der Waals surface area (Å²) in [5.74, 6) is 5.61. The standard InChI is InChI=1S/C14H18N4/c1-11-4-6-13(10-17-11)14(18-15)7-5-12-3-2-8-16-9-12/h2-4,6,8-10,14,18H,5,7,15H2,1H3. The Hall–Kier alpha value is -1.78. The first kappa shape index (κ1) is 12.7. The van der Waals surface area contributed by atoms with Crippen molar-refractivity contribution >= 4 is 0 Å². The fraction of sp³-hybridized carbons (Fsp3) is 0.286. The van der Waals surface area contributed by atoms with Gasteiger partial charge in [-0.25, -0.2) is 0 Å². The number of aromatic nitrogens is 2. The highest BCUT2D eigenvalue weighted by atomic mass is 15.2. The second kappa shape index (κ2) is 6.23. The van der Waals surface area contributed by atoms with E-state index in [1.807, 2.05) is 31.5 Å². The van der Waals surface area contributed by atoms with Crippen molar-refractivity contribution in [3.8, 4) is 0 Å². The highest BCUT2D eigenvalue weighted by molar-refractivity contribution is 5.18. The van der Waals surface area contributed by atoms with Crippen molar-refractivity contribution in [2.45, 2.75) is 25.8 Å². The van der Waals surface area contributed by atoms with E-state index >= 15 is 0 Å². The Morgan fingerprint density at radius 1 is 1.28 bits per heavy atom. The first-order chi connectivity index (χ1) is 8.79. The van der Waals surface area contributed by atoms with E-state index in [9.17, 15) is 0 Å². The Labute approximate surface area is 107 Å². The van der Waals surface area contributed by atoms with Gasteiger partial charge in [-0.15, -0.1) is 0 Å². The Morgan fingerprint density at radius 2 is 2.17 bits per heavy atom. The van der Waals surface area contributed by atoms with Crippen molar-refractivity contribution in [3.63, 3.8) is 0 Å². The van der Waals surface area contributed by atoms with Crippen LogP contribution in [0, 0.1) is 6.92 Å². The Bertz CT molecular complexity index is 467. The zero-order chi connectivity index (χ0) is 12.8. The molecule has 0 aliphatic heterocycles. The molecule has 0 spiro atoms. The lowest BCUT2D eigenvalue weighted by Crippen LogP contribution is -2.28. The molecule has 2 heterocycles. The quantitative estimate of drug-likeness (QED) is 0.621. The molecular formula is C14H18N4. The maximum atomic E-state index is 5.61. The van der Waals surface area contributed by atoms with Gasteiger partial charge in [-0.1, -0.05) is 12.1 Å². The van der Waals surface area contributed by atoms with Crippen LogP contribution in [0.5, 0.6) is 0 Å². The third-order valence-corrected chi connectivity index (χ3v) is 2.98. The van der Waals surface area contributed by atoms with Gasteiger partial charge in [-0.2, -0.15) is 0 Å². The summed E-state index contributed by atoms with van der Waals surface area (Å²) in [6.07, 6.45) is 7.42. The largest absolute Gasteiger partial charge is 0.271 e. The monoisotopic (exact) mass is 242 g/mol. The van der Waals surface area contributed by atoms with Crippen LogP contribution in [-0.2, 0) is 6.42 Å². The average molecular weight is 242 g/mol. The SMILES string of the molecule is Cc1ccc(C(CCc2cccnc2)NN)cn1. The van der Waals surface area contributed by atoms with Crippen molar-refractivity contribution in [1.29, 1.82) is 0 Å². The maximum absolute atomic E-state index is 5.61. The third-order valence-electron chi connectivity index (χ3n) is 2.98. The van der Waals surface area contributed by atoms with Crippen molar-refractivity contribution in [3.05, 3.63) is 59.7 Å². The van der Waals surface area contributed by atoms with Crippen molar-refractivity contribution in [2.24, 2.45) is 5.84 Å². The molecule has 0 aromatic carbocycles. The first-order valence-corrected chi connectivity index (χ1v) is 6.07. The van der Waals surface area contributed by atoms with Gasteiger partial charge >= 0.3 is 0 Å². The lowest BCUT2D eigenvalue weighted by molar-refractivity contribution is 0.514. The number of rotatable bonds is 5. The molecule has 0 aliphatic carbocycles. The fourth-order valence-corrected chi connectivity index (χ4v) is 1.89. The lowest BCUT2D eigenvalue weighted by atomic mass is 10.0. The minimum Gasteiger partial charge on any atom is -0.271 e. The molecule has 0 fully saturated rings. The van der Waals surface area contributed by atoms with Crippen LogP contribution in [0.25, 0.3) is 0 Å². The highest BCUT2D eigenvalue weighted by Gasteiger charge is 2.09.